The molecule has 1 fully saturated rings. The molecular weight excluding hydrogens is 515 g/mol. The molecule has 6 nitrogen and oxygen atoms in total. The number of fused-ring (bicyclic) bond motifs is 1. The Morgan fingerprint density at radius 2 is 1.82 bits per heavy atom. The lowest BCUT2D eigenvalue weighted by atomic mass is 9.82. The lowest BCUT2D eigenvalue weighted by Gasteiger charge is -2.26. The molecule has 5 rings (SSSR count). The molecule has 0 aliphatic heterocycles. The summed E-state index contributed by atoms with van der Waals surface area (Å²) in [5.41, 5.74) is 1.22. The molecule has 1 aliphatic rings. The third-order valence-electron chi connectivity index (χ3n) is 7.08. The number of nitrogens with one attached hydrogen (secondary N) is 1. The zero-order valence-corrected chi connectivity index (χ0v) is 21.2. The van der Waals surface area contributed by atoms with Gasteiger partial charge in [0.25, 0.3) is 5.91 Å². The van der Waals surface area contributed by atoms with Crippen LogP contribution < -0.4 is 5.32 Å². The Morgan fingerprint density at radius 1 is 1.08 bits per heavy atom. The molecule has 0 atom stereocenters. The van der Waals surface area contributed by atoms with E-state index in [9.17, 15) is 27.9 Å². The second kappa shape index (κ2) is 10.6. The van der Waals surface area contributed by atoms with Crippen molar-refractivity contribution in [3.63, 3.8) is 0 Å². The first-order chi connectivity index (χ1) is 18.2. The normalized spacial score (nSPS) is 18.0. The molecule has 1 amide bonds. The van der Waals surface area contributed by atoms with E-state index in [-0.39, 0.29) is 23.9 Å². The summed E-state index contributed by atoms with van der Waals surface area (Å²) in [5.74, 6) is -1.67. The Morgan fingerprint density at radius 3 is 2.50 bits per heavy atom. The average molecular weight is 542 g/mol. The van der Waals surface area contributed by atoms with Crippen LogP contribution in [0, 0.1) is 11.8 Å². The number of amides is 1. The number of hydrogen-bond donors (Lipinski definition) is 2. The van der Waals surface area contributed by atoms with E-state index in [0.29, 0.717) is 43.1 Å². The van der Waals surface area contributed by atoms with Crippen molar-refractivity contribution >= 4 is 34.1 Å². The van der Waals surface area contributed by atoms with Crippen LogP contribution >= 0.6 is 11.3 Å². The number of aromatic nitrogens is 2. The van der Waals surface area contributed by atoms with Crippen molar-refractivity contribution in [3.8, 4) is 10.6 Å². The summed E-state index contributed by atoms with van der Waals surface area (Å²) < 4.78 is 42.7. The summed E-state index contributed by atoms with van der Waals surface area (Å²) in [6.45, 7) is 0.591. The molecule has 10 heteroatoms. The molecule has 0 saturated heterocycles. The number of hydrogen-bond acceptors (Lipinski definition) is 4. The van der Waals surface area contributed by atoms with Crippen molar-refractivity contribution in [2.45, 2.75) is 38.4 Å². The van der Waals surface area contributed by atoms with Gasteiger partial charge >= 0.3 is 12.1 Å². The van der Waals surface area contributed by atoms with Gasteiger partial charge in [-0.3, -0.25) is 9.59 Å². The van der Waals surface area contributed by atoms with E-state index >= 15 is 0 Å². The summed E-state index contributed by atoms with van der Waals surface area (Å²) in [6.07, 6.45) is -0.551. The fraction of sp³-hybridized carbons (Fsp3) is 0.321. The van der Waals surface area contributed by atoms with Crippen molar-refractivity contribution in [2.75, 3.05) is 6.54 Å². The molecule has 4 aromatic rings. The van der Waals surface area contributed by atoms with E-state index in [4.69, 9.17) is 0 Å². The maximum atomic E-state index is 13.7. The summed E-state index contributed by atoms with van der Waals surface area (Å²) in [4.78, 5) is 29.1. The zero-order valence-electron chi connectivity index (χ0n) is 20.4. The quantitative estimate of drug-likeness (QED) is 0.282. The summed E-state index contributed by atoms with van der Waals surface area (Å²) in [7, 11) is 0. The minimum Gasteiger partial charge on any atom is -0.481 e. The first kappa shape index (κ1) is 26.0. The largest absolute Gasteiger partial charge is 0.481 e. The van der Waals surface area contributed by atoms with Crippen LogP contribution in [-0.4, -0.2) is 33.1 Å². The summed E-state index contributed by atoms with van der Waals surface area (Å²) in [6, 6.07) is 13.3. The zero-order chi connectivity index (χ0) is 26.9. The van der Waals surface area contributed by atoms with Crippen molar-refractivity contribution in [1.82, 2.24) is 14.9 Å². The molecule has 0 radical (unpaired) electrons. The highest BCUT2D eigenvalue weighted by Crippen LogP contribution is 2.35. The smallest absolute Gasteiger partial charge is 0.416 e. The molecule has 198 valence electrons. The Kier molecular flexibility index (Phi) is 7.25. The molecule has 2 heterocycles. The van der Waals surface area contributed by atoms with Gasteiger partial charge < -0.3 is 15.0 Å². The van der Waals surface area contributed by atoms with Gasteiger partial charge in [0.2, 0.25) is 0 Å². The second-order valence-electron chi connectivity index (χ2n) is 9.68. The molecule has 0 unspecified atom stereocenters. The number of alkyl halides is 3. The minimum atomic E-state index is -4.60. The maximum absolute atomic E-state index is 13.7. The van der Waals surface area contributed by atoms with Crippen LogP contribution in [-0.2, 0) is 17.5 Å². The molecule has 2 N–H and O–H groups in total. The Balaban J connectivity index is 1.40. The van der Waals surface area contributed by atoms with E-state index in [0.717, 1.165) is 28.4 Å². The van der Waals surface area contributed by atoms with Crippen LogP contribution in [0.2, 0.25) is 0 Å². The lowest BCUT2D eigenvalue weighted by molar-refractivity contribution is -0.143. The highest BCUT2D eigenvalue weighted by molar-refractivity contribution is 7.13. The number of halogens is 3. The van der Waals surface area contributed by atoms with E-state index in [1.54, 1.807) is 16.8 Å². The van der Waals surface area contributed by atoms with E-state index in [1.807, 2.05) is 35.7 Å². The number of rotatable bonds is 7. The number of carboxylic acids is 1. The Bertz CT molecular complexity index is 1450. The van der Waals surface area contributed by atoms with Gasteiger partial charge in [-0.15, -0.1) is 11.3 Å². The highest BCUT2D eigenvalue weighted by Gasteiger charge is 2.33. The van der Waals surface area contributed by atoms with Gasteiger partial charge in [0, 0.05) is 29.1 Å². The van der Waals surface area contributed by atoms with Crippen LogP contribution in [0.15, 0.2) is 60.1 Å². The van der Waals surface area contributed by atoms with Crippen LogP contribution in [0.5, 0.6) is 0 Å². The Labute approximate surface area is 221 Å². The van der Waals surface area contributed by atoms with Gasteiger partial charge in [-0.2, -0.15) is 13.2 Å². The predicted molar refractivity (Wildman–Crippen MR) is 139 cm³/mol. The molecule has 38 heavy (non-hydrogen) atoms. The summed E-state index contributed by atoms with van der Waals surface area (Å²) >= 11 is 1.48. The third kappa shape index (κ3) is 5.60. The topological polar surface area (TPSA) is 84.2 Å². The number of carbonyl (C=O) groups is 2. The van der Waals surface area contributed by atoms with Crippen LogP contribution in [0.4, 0.5) is 13.2 Å². The number of benzene rings is 2. The first-order valence-corrected chi connectivity index (χ1v) is 13.3. The SMILES string of the molecule is O=C(NCC1CCC(C(=O)O)CC1)c1cc(C(F)(F)F)cc2ccn(Cc3csc(-c4ccccc4)n3)c12. The number of carbonyl (C=O) groups excluding carboxylic acids is 1. The van der Waals surface area contributed by atoms with E-state index in [2.05, 4.69) is 10.3 Å². The van der Waals surface area contributed by atoms with Crippen molar-refractivity contribution in [3.05, 3.63) is 76.9 Å². The van der Waals surface area contributed by atoms with E-state index < -0.39 is 23.6 Å². The molecule has 2 aromatic carbocycles. The third-order valence-corrected chi connectivity index (χ3v) is 8.02. The van der Waals surface area contributed by atoms with Gasteiger partial charge in [0.05, 0.1) is 34.8 Å². The molecule has 0 bridgehead atoms. The fourth-order valence-corrected chi connectivity index (χ4v) is 5.85. The first-order valence-electron chi connectivity index (χ1n) is 12.4. The number of carboxylic acid groups (broad SMARTS) is 1. The van der Waals surface area contributed by atoms with Crippen LogP contribution in [0.25, 0.3) is 21.5 Å². The molecule has 1 aliphatic carbocycles. The number of thiazole rings is 1. The standard InChI is InChI=1S/C28H26F3N3O3S/c29-28(30,31)21-12-20-10-11-34(15-22-16-38-26(33-22)18-4-2-1-3-5-18)24(20)23(13-21)25(35)32-14-17-6-8-19(9-7-17)27(36)37/h1-5,10-13,16-17,19H,6-9,14-15H2,(H,32,35)(H,36,37). The number of aliphatic carboxylic acids is 1. The van der Waals surface area contributed by atoms with Crippen LogP contribution in [0.3, 0.4) is 0 Å². The molecule has 0 spiro atoms. The maximum Gasteiger partial charge on any atom is 0.416 e. The van der Waals surface area contributed by atoms with Crippen molar-refractivity contribution < 1.29 is 27.9 Å². The van der Waals surface area contributed by atoms with Gasteiger partial charge in [-0.05, 0) is 49.8 Å². The second-order valence-corrected chi connectivity index (χ2v) is 10.5. The highest BCUT2D eigenvalue weighted by atomic mass is 32.1. The van der Waals surface area contributed by atoms with Crippen molar-refractivity contribution in [2.24, 2.45) is 11.8 Å². The minimum absolute atomic E-state index is 0.0439. The summed E-state index contributed by atoms with van der Waals surface area (Å²) in [5, 5.41) is 15.1. The van der Waals surface area contributed by atoms with E-state index in [1.165, 1.54) is 11.3 Å². The van der Waals surface area contributed by atoms with Gasteiger partial charge in [0.1, 0.15) is 5.01 Å². The molecule has 2 aromatic heterocycles. The average Bonchev–Trinajstić information content (AvgIpc) is 3.54. The Hall–Kier alpha value is -3.66. The van der Waals surface area contributed by atoms with Gasteiger partial charge in [-0.25, -0.2) is 4.98 Å². The van der Waals surface area contributed by atoms with Gasteiger partial charge in [-0.1, -0.05) is 30.3 Å². The predicted octanol–water partition coefficient (Wildman–Crippen LogP) is 6.45. The van der Waals surface area contributed by atoms with Crippen molar-refractivity contribution in [1.29, 1.82) is 0 Å². The molecular formula is C28H26F3N3O3S. The molecule has 1 saturated carbocycles. The monoisotopic (exact) mass is 541 g/mol. The van der Waals surface area contributed by atoms with Crippen LogP contribution in [0.1, 0.15) is 47.3 Å². The number of nitrogens with zero attached hydrogens (tertiary/aromatic N) is 2. The fourth-order valence-electron chi connectivity index (χ4n) is 5.03. The van der Waals surface area contributed by atoms with Gasteiger partial charge in [0.15, 0.2) is 0 Å². The lowest BCUT2D eigenvalue weighted by Crippen LogP contribution is -2.32.